The van der Waals surface area contributed by atoms with Crippen molar-refractivity contribution in [1.29, 1.82) is 0 Å². The monoisotopic (exact) mass is 319 g/mol. The third-order valence-electron chi connectivity index (χ3n) is 4.78. The van der Waals surface area contributed by atoms with Crippen molar-refractivity contribution in [2.45, 2.75) is 39.0 Å². The van der Waals surface area contributed by atoms with E-state index in [9.17, 15) is 10.2 Å². The Hall–Kier alpha value is -1.55. The molecule has 0 saturated heterocycles. The van der Waals surface area contributed by atoms with Crippen molar-refractivity contribution in [2.24, 2.45) is 11.8 Å². The van der Waals surface area contributed by atoms with Crippen molar-refractivity contribution in [2.75, 3.05) is 7.05 Å². The average molecular weight is 319 g/mol. The number of allylic oxidation sites excluding steroid dienone is 1. The van der Waals surface area contributed by atoms with Gasteiger partial charge in [0.2, 0.25) is 0 Å². The lowest BCUT2D eigenvalue weighted by Crippen LogP contribution is -2.24. The van der Waals surface area contributed by atoms with Crippen molar-refractivity contribution in [3.63, 3.8) is 0 Å². The minimum Gasteiger partial charge on any atom is -0.508 e. The molecule has 2 rings (SSSR count). The second-order valence-electron chi connectivity index (χ2n) is 6.45. The van der Waals surface area contributed by atoms with E-state index >= 15 is 0 Å². The van der Waals surface area contributed by atoms with E-state index in [-0.39, 0.29) is 23.3 Å². The zero-order chi connectivity index (χ0) is 16.4. The van der Waals surface area contributed by atoms with Gasteiger partial charge in [-0.25, -0.2) is 0 Å². The normalized spacial score (nSPS) is 24.8. The Morgan fingerprint density at radius 1 is 1.32 bits per heavy atom. The highest BCUT2D eigenvalue weighted by Gasteiger charge is 2.34. The van der Waals surface area contributed by atoms with E-state index < -0.39 is 0 Å². The number of aromatic hydroxyl groups is 2. The highest BCUT2D eigenvalue weighted by atomic mass is 32.1. The molecule has 0 unspecified atom stereocenters. The summed E-state index contributed by atoms with van der Waals surface area (Å²) in [5.41, 5.74) is 2.30. The molecule has 0 bridgehead atoms. The molecule has 3 nitrogen and oxygen atoms in total. The van der Waals surface area contributed by atoms with E-state index in [2.05, 4.69) is 18.8 Å². The molecule has 1 fully saturated rings. The molecule has 3 N–H and O–H groups in total. The standard InChI is InChI=1S/C18H25NO2S/c1-10(2)12-6-5-11(3)9-14(12)16-15(20)8-7-13(17(16)21)18(22)19-4/h7-8,11-12,14,20-21H,1,5-6,9H2,2-4H3,(H,19,22)/t11-,12+,14-/m1/s1. The van der Waals surface area contributed by atoms with E-state index in [4.69, 9.17) is 12.2 Å². The summed E-state index contributed by atoms with van der Waals surface area (Å²) in [6.07, 6.45) is 3.14. The van der Waals surface area contributed by atoms with Gasteiger partial charge < -0.3 is 15.5 Å². The first-order chi connectivity index (χ1) is 10.4. The molecule has 4 heteroatoms. The van der Waals surface area contributed by atoms with E-state index in [1.54, 1.807) is 19.2 Å². The van der Waals surface area contributed by atoms with Crippen LogP contribution in [0.15, 0.2) is 24.3 Å². The molecule has 0 aliphatic heterocycles. The Balaban J connectivity index is 2.53. The van der Waals surface area contributed by atoms with Crippen LogP contribution in [0.2, 0.25) is 0 Å². The van der Waals surface area contributed by atoms with Crippen LogP contribution >= 0.6 is 12.2 Å². The van der Waals surface area contributed by atoms with Crippen LogP contribution in [0.5, 0.6) is 11.5 Å². The number of hydrogen-bond donors (Lipinski definition) is 3. The Morgan fingerprint density at radius 2 is 2.00 bits per heavy atom. The lowest BCUT2D eigenvalue weighted by atomic mass is 9.68. The van der Waals surface area contributed by atoms with Crippen molar-refractivity contribution in [1.82, 2.24) is 5.32 Å². The molecule has 1 aliphatic carbocycles. The van der Waals surface area contributed by atoms with Crippen LogP contribution in [0.25, 0.3) is 0 Å². The Bertz CT molecular complexity index is 597. The van der Waals surface area contributed by atoms with Crippen LogP contribution in [0.1, 0.15) is 50.2 Å². The largest absolute Gasteiger partial charge is 0.508 e. The lowest BCUT2D eigenvalue weighted by molar-refractivity contribution is 0.267. The van der Waals surface area contributed by atoms with Crippen LogP contribution in [0, 0.1) is 11.8 Å². The molecular weight excluding hydrogens is 294 g/mol. The second kappa shape index (κ2) is 6.69. The SMILES string of the molecule is C=C(C)[C@@H]1CC[C@@H](C)C[C@H]1c1c(O)ccc(C(=S)NC)c1O. The van der Waals surface area contributed by atoms with Gasteiger partial charge in [-0.2, -0.15) is 0 Å². The van der Waals surface area contributed by atoms with Gasteiger partial charge in [-0.3, -0.25) is 0 Å². The summed E-state index contributed by atoms with van der Waals surface area (Å²) in [5.74, 6) is 1.18. The molecular formula is C18H25NO2S. The van der Waals surface area contributed by atoms with Crippen molar-refractivity contribution in [3.05, 3.63) is 35.4 Å². The summed E-state index contributed by atoms with van der Waals surface area (Å²) in [6, 6.07) is 3.29. The van der Waals surface area contributed by atoms with Gasteiger partial charge in [-0.15, -0.1) is 0 Å². The zero-order valence-electron chi connectivity index (χ0n) is 13.5. The molecule has 3 atom stereocenters. The zero-order valence-corrected chi connectivity index (χ0v) is 14.3. The summed E-state index contributed by atoms with van der Waals surface area (Å²) < 4.78 is 0. The number of phenols is 2. The highest BCUT2D eigenvalue weighted by Crippen LogP contribution is 2.49. The maximum Gasteiger partial charge on any atom is 0.132 e. The lowest BCUT2D eigenvalue weighted by Gasteiger charge is -2.36. The van der Waals surface area contributed by atoms with Gasteiger partial charge in [0.25, 0.3) is 0 Å². The molecule has 1 aromatic rings. The van der Waals surface area contributed by atoms with Gasteiger partial charge in [-0.05, 0) is 49.7 Å². The predicted octanol–water partition coefficient (Wildman–Crippen LogP) is 4.09. The molecule has 0 heterocycles. The van der Waals surface area contributed by atoms with E-state index in [0.717, 1.165) is 24.8 Å². The topological polar surface area (TPSA) is 52.5 Å². The van der Waals surface area contributed by atoms with Gasteiger partial charge in [-0.1, -0.05) is 37.7 Å². The number of rotatable bonds is 3. The first kappa shape index (κ1) is 16.8. The fourth-order valence-electron chi connectivity index (χ4n) is 3.57. The maximum atomic E-state index is 10.7. The van der Waals surface area contributed by atoms with Crippen molar-refractivity contribution >= 4 is 17.2 Å². The molecule has 0 spiro atoms. The summed E-state index contributed by atoms with van der Waals surface area (Å²) >= 11 is 5.25. The fraction of sp³-hybridized carbons (Fsp3) is 0.500. The summed E-state index contributed by atoms with van der Waals surface area (Å²) in [5, 5.41) is 23.9. The van der Waals surface area contributed by atoms with Gasteiger partial charge >= 0.3 is 0 Å². The van der Waals surface area contributed by atoms with E-state index in [1.807, 2.05) is 6.92 Å². The molecule has 22 heavy (non-hydrogen) atoms. The first-order valence-electron chi connectivity index (χ1n) is 7.79. The Kier molecular flexibility index (Phi) is 5.12. The fourth-order valence-corrected chi connectivity index (χ4v) is 3.74. The van der Waals surface area contributed by atoms with Crippen LogP contribution in [-0.2, 0) is 0 Å². The highest BCUT2D eigenvalue weighted by molar-refractivity contribution is 7.80. The number of hydrogen-bond acceptors (Lipinski definition) is 3. The van der Waals surface area contributed by atoms with Gasteiger partial charge in [0.15, 0.2) is 0 Å². The van der Waals surface area contributed by atoms with E-state index in [1.165, 1.54) is 0 Å². The number of nitrogens with one attached hydrogen (secondary N) is 1. The third kappa shape index (κ3) is 3.12. The third-order valence-corrected chi connectivity index (χ3v) is 5.21. The van der Waals surface area contributed by atoms with Gasteiger partial charge in [0.1, 0.15) is 16.5 Å². The smallest absolute Gasteiger partial charge is 0.132 e. The maximum absolute atomic E-state index is 10.7. The Labute approximate surface area is 138 Å². The number of phenolic OH excluding ortho intramolecular Hbond substituents is 2. The minimum absolute atomic E-state index is 0.0841. The van der Waals surface area contributed by atoms with E-state index in [0.29, 0.717) is 22.0 Å². The van der Waals surface area contributed by atoms with Gasteiger partial charge in [0, 0.05) is 12.6 Å². The molecule has 1 aromatic carbocycles. The number of thiocarbonyl (C=S) groups is 1. The van der Waals surface area contributed by atoms with Gasteiger partial charge in [0.05, 0.1) is 5.56 Å². The molecule has 0 amide bonds. The molecule has 1 saturated carbocycles. The summed E-state index contributed by atoms with van der Waals surface area (Å²) in [4.78, 5) is 0.481. The van der Waals surface area contributed by atoms with Crippen LogP contribution in [0.3, 0.4) is 0 Å². The number of benzene rings is 1. The second-order valence-corrected chi connectivity index (χ2v) is 6.86. The molecule has 1 aliphatic rings. The summed E-state index contributed by atoms with van der Waals surface area (Å²) in [7, 11) is 1.73. The van der Waals surface area contributed by atoms with Crippen LogP contribution in [0.4, 0.5) is 0 Å². The molecule has 120 valence electrons. The first-order valence-corrected chi connectivity index (χ1v) is 8.19. The average Bonchev–Trinajstić information content (AvgIpc) is 2.46. The Morgan fingerprint density at radius 3 is 2.59 bits per heavy atom. The van der Waals surface area contributed by atoms with Crippen molar-refractivity contribution in [3.8, 4) is 11.5 Å². The predicted molar refractivity (Wildman–Crippen MR) is 94.6 cm³/mol. The minimum atomic E-state index is 0.0841. The van der Waals surface area contributed by atoms with Crippen LogP contribution in [-0.4, -0.2) is 22.2 Å². The molecule has 0 aromatic heterocycles. The molecule has 0 radical (unpaired) electrons. The quantitative estimate of drug-likeness (QED) is 0.580. The van der Waals surface area contributed by atoms with Crippen molar-refractivity contribution < 1.29 is 10.2 Å². The van der Waals surface area contributed by atoms with Crippen LogP contribution < -0.4 is 5.32 Å². The summed E-state index contributed by atoms with van der Waals surface area (Å²) in [6.45, 7) is 8.36.